The first-order valence-electron chi connectivity index (χ1n) is 7.26. The minimum atomic E-state index is 0.370. The molecule has 0 amide bonds. The van der Waals surface area contributed by atoms with E-state index in [2.05, 4.69) is 62.9 Å². The minimum Gasteiger partial charge on any atom is -0.295 e. The van der Waals surface area contributed by atoms with Crippen molar-refractivity contribution in [1.82, 2.24) is 4.90 Å². The number of piperidine rings is 1. The van der Waals surface area contributed by atoms with Crippen LogP contribution in [0.25, 0.3) is 0 Å². The fraction of sp³-hybridized carbons (Fsp3) is 0.647. The third-order valence-corrected chi connectivity index (χ3v) is 4.15. The SMILES string of the molecule is C[C@H]1CCCN(Cc2ccccc2)[C@@H]1C(C)(C)C. The van der Waals surface area contributed by atoms with Crippen LogP contribution in [0.1, 0.15) is 46.1 Å². The van der Waals surface area contributed by atoms with E-state index in [0.717, 1.165) is 12.5 Å². The number of rotatable bonds is 2. The zero-order chi connectivity index (χ0) is 13.2. The van der Waals surface area contributed by atoms with Gasteiger partial charge in [-0.1, -0.05) is 58.0 Å². The number of hydrogen-bond donors (Lipinski definition) is 0. The van der Waals surface area contributed by atoms with Gasteiger partial charge in [0.1, 0.15) is 0 Å². The highest BCUT2D eigenvalue weighted by Gasteiger charge is 2.36. The normalized spacial score (nSPS) is 26.2. The number of nitrogens with zero attached hydrogens (tertiary/aromatic N) is 1. The molecule has 0 unspecified atom stereocenters. The van der Waals surface area contributed by atoms with E-state index in [9.17, 15) is 0 Å². The summed E-state index contributed by atoms with van der Waals surface area (Å²) in [5.74, 6) is 0.808. The summed E-state index contributed by atoms with van der Waals surface area (Å²) in [6.45, 7) is 11.9. The molecule has 0 aromatic heterocycles. The van der Waals surface area contributed by atoms with Gasteiger partial charge in [-0.25, -0.2) is 0 Å². The van der Waals surface area contributed by atoms with E-state index in [1.165, 1.54) is 24.9 Å². The molecular formula is C17H27N. The van der Waals surface area contributed by atoms with Crippen molar-refractivity contribution in [1.29, 1.82) is 0 Å². The lowest BCUT2D eigenvalue weighted by Gasteiger charge is -2.47. The lowest BCUT2D eigenvalue weighted by atomic mass is 9.75. The summed E-state index contributed by atoms with van der Waals surface area (Å²) < 4.78 is 0. The Labute approximate surface area is 112 Å². The summed E-state index contributed by atoms with van der Waals surface area (Å²) >= 11 is 0. The van der Waals surface area contributed by atoms with Crippen LogP contribution in [0.15, 0.2) is 30.3 Å². The van der Waals surface area contributed by atoms with Crippen molar-refractivity contribution >= 4 is 0 Å². The lowest BCUT2D eigenvalue weighted by Crippen LogP contribution is -2.50. The van der Waals surface area contributed by atoms with Gasteiger partial charge in [-0.05, 0) is 36.3 Å². The van der Waals surface area contributed by atoms with E-state index in [-0.39, 0.29) is 0 Å². The van der Waals surface area contributed by atoms with Crippen LogP contribution in [0.4, 0.5) is 0 Å². The average molecular weight is 245 g/mol. The predicted octanol–water partition coefficient (Wildman–Crippen LogP) is 4.33. The molecule has 0 saturated carbocycles. The highest BCUT2D eigenvalue weighted by Crippen LogP contribution is 2.36. The molecule has 0 aliphatic carbocycles. The number of likely N-dealkylation sites (tertiary alicyclic amines) is 1. The van der Waals surface area contributed by atoms with Crippen molar-refractivity contribution in [3.63, 3.8) is 0 Å². The van der Waals surface area contributed by atoms with Crippen LogP contribution in [0.2, 0.25) is 0 Å². The van der Waals surface area contributed by atoms with Gasteiger partial charge < -0.3 is 0 Å². The monoisotopic (exact) mass is 245 g/mol. The highest BCUT2D eigenvalue weighted by atomic mass is 15.2. The maximum absolute atomic E-state index is 2.70. The smallest absolute Gasteiger partial charge is 0.0237 e. The van der Waals surface area contributed by atoms with Crippen molar-refractivity contribution in [2.24, 2.45) is 11.3 Å². The second-order valence-electron chi connectivity index (χ2n) is 6.89. The van der Waals surface area contributed by atoms with Crippen LogP contribution in [-0.4, -0.2) is 17.5 Å². The topological polar surface area (TPSA) is 3.24 Å². The molecule has 2 rings (SSSR count). The zero-order valence-corrected chi connectivity index (χ0v) is 12.3. The summed E-state index contributed by atoms with van der Waals surface area (Å²) in [6.07, 6.45) is 2.73. The fourth-order valence-electron chi connectivity index (χ4n) is 3.67. The second kappa shape index (κ2) is 5.44. The van der Waals surface area contributed by atoms with Gasteiger partial charge in [-0.3, -0.25) is 4.90 Å². The third kappa shape index (κ3) is 3.14. The molecule has 1 aromatic rings. The van der Waals surface area contributed by atoms with Crippen LogP contribution in [0.3, 0.4) is 0 Å². The van der Waals surface area contributed by atoms with Crippen LogP contribution in [0, 0.1) is 11.3 Å². The second-order valence-corrected chi connectivity index (χ2v) is 6.89. The van der Waals surface area contributed by atoms with Gasteiger partial charge in [0.25, 0.3) is 0 Å². The summed E-state index contributed by atoms with van der Waals surface area (Å²) in [6, 6.07) is 11.6. The Kier molecular flexibility index (Phi) is 4.11. The molecule has 0 bridgehead atoms. The summed E-state index contributed by atoms with van der Waals surface area (Å²) in [5.41, 5.74) is 1.81. The first-order valence-corrected chi connectivity index (χ1v) is 7.26. The van der Waals surface area contributed by atoms with E-state index in [4.69, 9.17) is 0 Å². The largest absolute Gasteiger partial charge is 0.295 e. The van der Waals surface area contributed by atoms with Crippen LogP contribution < -0.4 is 0 Å². The Hall–Kier alpha value is -0.820. The molecule has 1 heteroatoms. The molecule has 0 spiro atoms. The zero-order valence-electron chi connectivity index (χ0n) is 12.3. The van der Waals surface area contributed by atoms with Gasteiger partial charge in [0.15, 0.2) is 0 Å². The maximum atomic E-state index is 2.70. The Bertz CT molecular complexity index is 363. The fourth-order valence-corrected chi connectivity index (χ4v) is 3.67. The third-order valence-electron chi connectivity index (χ3n) is 4.15. The molecule has 1 saturated heterocycles. The molecule has 0 N–H and O–H groups in total. The molecule has 2 atom stereocenters. The molecule has 1 aliphatic heterocycles. The first kappa shape index (κ1) is 13.6. The van der Waals surface area contributed by atoms with Gasteiger partial charge in [0, 0.05) is 12.6 Å². The quantitative estimate of drug-likeness (QED) is 0.749. The van der Waals surface area contributed by atoms with E-state index in [0.29, 0.717) is 11.5 Å². The summed E-state index contributed by atoms with van der Waals surface area (Å²) in [4.78, 5) is 2.70. The minimum absolute atomic E-state index is 0.370. The van der Waals surface area contributed by atoms with Crippen LogP contribution >= 0.6 is 0 Å². The van der Waals surface area contributed by atoms with Gasteiger partial charge >= 0.3 is 0 Å². The molecule has 1 aromatic carbocycles. The average Bonchev–Trinajstić information content (AvgIpc) is 2.28. The number of benzene rings is 1. The van der Waals surface area contributed by atoms with E-state index in [1.807, 2.05) is 0 Å². The van der Waals surface area contributed by atoms with Gasteiger partial charge in [0.2, 0.25) is 0 Å². The van der Waals surface area contributed by atoms with Crippen LogP contribution in [-0.2, 0) is 6.54 Å². The van der Waals surface area contributed by atoms with Gasteiger partial charge in [0.05, 0.1) is 0 Å². The predicted molar refractivity (Wildman–Crippen MR) is 78.5 cm³/mol. The molecular weight excluding hydrogens is 218 g/mol. The van der Waals surface area contributed by atoms with Crippen LogP contribution in [0.5, 0.6) is 0 Å². The molecule has 0 radical (unpaired) electrons. The van der Waals surface area contributed by atoms with Crippen molar-refractivity contribution in [3.8, 4) is 0 Å². The molecule has 1 fully saturated rings. The van der Waals surface area contributed by atoms with Gasteiger partial charge in [-0.2, -0.15) is 0 Å². The Balaban J connectivity index is 2.14. The van der Waals surface area contributed by atoms with E-state index < -0.39 is 0 Å². The van der Waals surface area contributed by atoms with E-state index >= 15 is 0 Å². The van der Waals surface area contributed by atoms with Crippen molar-refractivity contribution in [3.05, 3.63) is 35.9 Å². The van der Waals surface area contributed by atoms with Crippen molar-refractivity contribution in [2.75, 3.05) is 6.54 Å². The summed E-state index contributed by atoms with van der Waals surface area (Å²) in [7, 11) is 0. The molecule has 1 heterocycles. The summed E-state index contributed by atoms with van der Waals surface area (Å²) in [5, 5.41) is 0. The maximum Gasteiger partial charge on any atom is 0.0237 e. The lowest BCUT2D eigenvalue weighted by molar-refractivity contribution is 0.0181. The molecule has 1 aliphatic rings. The Morgan fingerprint density at radius 1 is 1.17 bits per heavy atom. The van der Waals surface area contributed by atoms with Crippen molar-refractivity contribution in [2.45, 2.75) is 53.1 Å². The first-order chi connectivity index (χ1) is 8.48. The molecule has 18 heavy (non-hydrogen) atoms. The highest BCUT2D eigenvalue weighted by molar-refractivity contribution is 5.15. The van der Waals surface area contributed by atoms with E-state index in [1.54, 1.807) is 0 Å². The van der Waals surface area contributed by atoms with Crippen molar-refractivity contribution < 1.29 is 0 Å². The standard InChI is InChI=1S/C17H27N/c1-14-9-8-12-18(16(14)17(2,3)4)13-15-10-6-5-7-11-15/h5-7,10-11,14,16H,8-9,12-13H2,1-4H3/t14-,16-/m0/s1. The number of hydrogen-bond acceptors (Lipinski definition) is 1. The molecule has 1 nitrogen and oxygen atoms in total. The Morgan fingerprint density at radius 2 is 1.83 bits per heavy atom. The Morgan fingerprint density at radius 3 is 2.44 bits per heavy atom. The molecule has 100 valence electrons. The van der Waals surface area contributed by atoms with Gasteiger partial charge in [-0.15, -0.1) is 0 Å².